The van der Waals surface area contributed by atoms with Crippen LogP contribution in [0, 0.1) is 0 Å². The molecule has 1 aliphatic carbocycles. The third kappa shape index (κ3) is 6.55. The molecule has 0 radical (unpaired) electrons. The van der Waals surface area contributed by atoms with Crippen molar-refractivity contribution >= 4 is 17.5 Å². The van der Waals surface area contributed by atoms with Gasteiger partial charge in [-0.2, -0.15) is 5.10 Å². The Kier molecular flexibility index (Phi) is 7.55. The second-order valence-electron chi connectivity index (χ2n) is 7.46. The number of aryl methyl sites for hydroxylation is 1. The lowest BCUT2D eigenvalue weighted by Crippen LogP contribution is -2.36. The molecular formula is C22H28N4O3. The molecule has 1 aromatic carbocycles. The first-order valence-corrected chi connectivity index (χ1v) is 10.4. The minimum absolute atomic E-state index is 0.0802. The van der Waals surface area contributed by atoms with Crippen LogP contribution in [-0.2, 0) is 11.3 Å². The van der Waals surface area contributed by atoms with Gasteiger partial charge in [-0.25, -0.2) is 4.68 Å². The molecule has 29 heavy (non-hydrogen) atoms. The van der Waals surface area contributed by atoms with Gasteiger partial charge < -0.3 is 10.6 Å². The van der Waals surface area contributed by atoms with Crippen LogP contribution in [0.3, 0.4) is 0 Å². The summed E-state index contributed by atoms with van der Waals surface area (Å²) in [6.07, 6.45) is 8.21. The lowest BCUT2D eigenvalue weighted by Gasteiger charge is -2.21. The van der Waals surface area contributed by atoms with E-state index in [2.05, 4.69) is 15.7 Å². The molecule has 0 bridgehead atoms. The Morgan fingerprint density at radius 2 is 1.66 bits per heavy atom. The van der Waals surface area contributed by atoms with E-state index >= 15 is 0 Å². The molecule has 3 rings (SSSR count). The minimum Gasteiger partial charge on any atom is -0.353 e. The summed E-state index contributed by atoms with van der Waals surface area (Å²) < 4.78 is 1.18. The summed E-state index contributed by atoms with van der Waals surface area (Å²) in [4.78, 5) is 36.8. The maximum Gasteiger partial charge on any atom is 0.276 e. The lowest BCUT2D eigenvalue weighted by molar-refractivity contribution is -0.122. The maximum atomic E-state index is 12.4. The fourth-order valence-electron chi connectivity index (χ4n) is 3.55. The van der Waals surface area contributed by atoms with E-state index in [-0.39, 0.29) is 36.2 Å². The summed E-state index contributed by atoms with van der Waals surface area (Å²) in [5, 5.41) is 9.95. The van der Waals surface area contributed by atoms with E-state index in [1.54, 1.807) is 12.1 Å². The Morgan fingerprint density at radius 3 is 2.38 bits per heavy atom. The highest BCUT2D eigenvalue weighted by molar-refractivity contribution is 6.02. The number of carbonyl (C=O) groups is 2. The standard InChI is InChI=1S/C22H28N4O3/c27-20(23-17-9-5-2-1-3-6-10-17)15-16-26-21(28)14-13-19(25-26)22(29)24-18-11-7-4-8-12-18/h4,7-8,11-14,17H,1-3,5-6,9-10,15-16H2,(H,23,27)(H,24,29). The molecule has 0 saturated heterocycles. The number of carbonyl (C=O) groups excluding carboxylic acids is 2. The molecule has 0 atom stereocenters. The van der Waals surface area contributed by atoms with Gasteiger partial charge in [0.15, 0.2) is 0 Å². The molecule has 7 heteroatoms. The molecule has 2 aromatic rings. The first kappa shape index (κ1) is 20.8. The number of para-hydroxylation sites is 1. The molecule has 2 amide bonds. The molecule has 1 saturated carbocycles. The molecule has 1 aliphatic rings. The SMILES string of the molecule is O=C(CCn1nc(C(=O)Nc2ccccc2)ccc1=O)NC1CCCCCCC1. The van der Waals surface area contributed by atoms with Crippen molar-refractivity contribution in [2.45, 2.75) is 64.0 Å². The van der Waals surface area contributed by atoms with Gasteiger partial charge in [0.1, 0.15) is 5.69 Å². The first-order valence-electron chi connectivity index (χ1n) is 10.4. The molecule has 0 spiro atoms. The van der Waals surface area contributed by atoms with Gasteiger partial charge in [0.25, 0.3) is 11.5 Å². The fourth-order valence-corrected chi connectivity index (χ4v) is 3.55. The zero-order valence-electron chi connectivity index (χ0n) is 16.6. The smallest absolute Gasteiger partial charge is 0.276 e. The van der Waals surface area contributed by atoms with Gasteiger partial charge in [-0.1, -0.05) is 50.3 Å². The highest BCUT2D eigenvalue weighted by Crippen LogP contribution is 2.17. The summed E-state index contributed by atoms with van der Waals surface area (Å²) in [7, 11) is 0. The van der Waals surface area contributed by atoms with Crippen molar-refractivity contribution in [1.29, 1.82) is 0 Å². The van der Waals surface area contributed by atoms with E-state index in [1.807, 2.05) is 18.2 Å². The zero-order chi connectivity index (χ0) is 20.5. The number of aromatic nitrogens is 2. The highest BCUT2D eigenvalue weighted by atomic mass is 16.2. The maximum absolute atomic E-state index is 12.4. The Labute approximate surface area is 170 Å². The third-order valence-corrected chi connectivity index (χ3v) is 5.15. The van der Waals surface area contributed by atoms with Crippen LogP contribution >= 0.6 is 0 Å². The molecule has 7 nitrogen and oxygen atoms in total. The quantitative estimate of drug-likeness (QED) is 0.785. The minimum atomic E-state index is -0.399. The van der Waals surface area contributed by atoms with Crippen LogP contribution < -0.4 is 16.2 Å². The second kappa shape index (κ2) is 10.5. The largest absolute Gasteiger partial charge is 0.353 e. The highest BCUT2D eigenvalue weighted by Gasteiger charge is 2.15. The van der Waals surface area contributed by atoms with E-state index in [1.165, 1.54) is 36.1 Å². The summed E-state index contributed by atoms with van der Waals surface area (Å²) in [5.74, 6) is -0.479. The average molecular weight is 396 g/mol. The van der Waals surface area contributed by atoms with Gasteiger partial charge >= 0.3 is 0 Å². The number of nitrogens with zero attached hydrogens (tertiary/aromatic N) is 2. The van der Waals surface area contributed by atoms with Gasteiger partial charge in [-0.3, -0.25) is 14.4 Å². The van der Waals surface area contributed by atoms with Crippen LogP contribution in [0.5, 0.6) is 0 Å². The van der Waals surface area contributed by atoms with Crippen LogP contribution in [-0.4, -0.2) is 27.6 Å². The average Bonchev–Trinajstić information content (AvgIpc) is 2.70. The van der Waals surface area contributed by atoms with E-state index in [4.69, 9.17) is 0 Å². The number of benzene rings is 1. The summed E-state index contributed by atoms with van der Waals surface area (Å²) >= 11 is 0. The van der Waals surface area contributed by atoms with Gasteiger partial charge in [-0.05, 0) is 31.0 Å². The monoisotopic (exact) mass is 396 g/mol. The molecule has 2 N–H and O–H groups in total. The van der Waals surface area contributed by atoms with Crippen molar-refractivity contribution in [3.63, 3.8) is 0 Å². The predicted molar refractivity (Wildman–Crippen MR) is 112 cm³/mol. The number of hydrogen-bond donors (Lipinski definition) is 2. The molecule has 0 unspecified atom stereocenters. The van der Waals surface area contributed by atoms with E-state index < -0.39 is 5.91 Å². The number of nitrogens with one attached hydrogen (secondary N) is 2. The molecular weight excluding hydrogens is 368 g/mol. The van der Waals surface area contributed by atoms with Crippen molar-refractivity contribution in [2.24, 2.45) is 0 Å². The van der Waals surface area contributed by atoms with Crippen molar-refractivity contribution < 1.29 is 9.59 Å². The Morgan fingerprint density at radius 1 is 0.966 bits per heavy atom. The molecule has 1 fully saturated rings. The molecule has 154 valence electrons. The summed E-state index contributed by atoms with van der Waals surface area (Å²) in [6, 6.07) is 12.0. The normalized spacial score (nSPS) is 15.2. The summed E-state index contributed by atoms with van der Waals surface area (Å²) in [5.41, 5.74) is 0.449. The number of amides is 2. The topological polar surface area (TPSA) is 93.1 Å². The third-order valence-electron chi connectivity index (χ3n) is 5.15. The van der Waals surface area contributed by atoms with E-state index in [0.717, 1.165) is 25.7 Å². The first-order chi connectivity index (χ1) is 14.1. The van der Waals surface area contributed by atoms with Crippen molar-refractivity contribution in [3.8, 4) is 0 Å². The van der Waals surface area contributed by atoms with Crippen LogP contribution in [0.1, 0.15) is 61.9 Å². The van der Waals surface area contributed by atoms with Crippen LogP contribution in [0.4, 0.5) is 5.69 Å². The van der Waals surface area contributed by atoms with Crippen LogP contribution in [0.15, 0.2) is 47.3 Å². The van der Waals surface area contributed by atoms with Crippen molar-refractivity contribution in [1.82, 2.24) is 15.1 Å². The van der Waals surface area contributed by atoms with E-state index in [0.29, 0.717) is 5.69 Å². The molecule has 1 aromatic heterocycles. The van der Waals surface area contributed by atoms with Gasteiger partial charge in [0, 0.05) is 24.2 Å². The number of hydrogen-bond acceptors (Lipinski definition) is 4. The Balaban J connectivity index is 1.56. The van der Waals surface area contributed by atoms with Gasteiger partial charge in [-0.15, -0.1) is 0 Å². The number of anilines is 1. The van der Waals surface area contributed by atoms with E-state index in [9.17, 15) is 14.4 Å². The molecule has 1 heterocycles. The van der Waals surface area contributed by atoms with Gasteiger partial charge in [0.2, 0.25) is 5.91 Å². The second-order valence-corrected chi connectivity index (χ2v) is 7.46. The van der Waals surface area contributed by atoms with Crippen LogP contribution in [0.2, 0.25) is 0 Å². The number of rotatable bonds is 6. The summed E-state index contributed by atoms with van der Waals surface area (Å²) in [6.45, 7) is 0.143. The van der Waals surface area contributed by atoms with Crippen LogP contribution in [0.25, 0.3) is 0 Å². The van der Waals surface area contributed by atoms with Crippen molar-refractivity contribution in [2.75, 3.05) is 5.32 Å². The lowest BCUT2D eigenvalue weighted by atomic mass is 9.96. The fraction of sp³-hybridized carbons (Fsp3) is 0.455. The van der Waals surface area contributed by atoms with Gasteiger partial charge in [0.05, 0.1) is 6.54 Å². The predicted octanol–water partition coefficient (Wildman–Crippen LogP) is 3.11. The van der Waals surface area contributed by atoms with Crippen molar-refractivity contribution in [3.05, 3.63) is 58.5 Å². The zero-order valence-corrected chi connectivity index (χ0v) is 16.6. The Hall–Kier alpha value is -2.96. The Bertz CT molecular complexity index is 871. The molecule has 0 aliphatic heterocycles.